The fourth-order valence-corrected chi connectivity index (χ4v) is 2.26. The van der Waals surface area contributed by atoms with Crippen molar-refractivity contribution in [1.82, 2.24) is 14.5 Å². The van der Waals surface area contributed by atoms with Crippen LogP contribution in [0.15, 0.2) is 0 Å². The maximum Gasteiger partial charge on any atom is 0.138 e. The van der Waals surface area contributed by atoms with Gasteiger partial charge in [0.05, 0.1) is 0 Å². The molecule has 2 rings (SSSR count). The summed E-state index contributed by atoms with van der Waals surface area (Å²) in [6, 6.07) is 0.734. The molecule has 0 amide bonds. The summed E-state index contributed by atoms with van der Waals surface area (Å²) in [5.74, 6) is 0. The molecular formula is C8H12ClN3S. The van der Waals surface area contributed by atoms with E-state index in [9.17, 15) is 0 Å². The summed E-state index contributed by atoms with van der Waals surface area (Å²) in [5, 5.41) is 4.00. The molecule has 72 valence electrons. The van der Waals surface area contributed by atoms with E-state index in [-0.39, 0.29) is 0 Å². The van der Waals surface area contributed by atoms with Crippen LogP contribution in [-0.2, 0) is 6.54 Å². The Morgan fingerprint density at radius 2 is 2.54 bits per heavy atom. The molecule has 0 N–H and O–H groups in total. The molecule has 5 heteroatoms. The highest BCUT2D eigenvalue weighted by molar-refractivity contribution is 7.10. The molecular weight excluding hydrogens is 206 g/mol. The van der Waals surface area contributed by atoms with Gasteiger partial charge in [0.25, 0.3) is 0 Å². The van der Waals surface area contributed by atoms with Crippen LogP contribution in [0, 0.1) is 0 Å². The lowest BCUT2D eigenvalue weighted by Gasteiger charge is -2.40. The van der Waals surface area contributed by atoms with Crippen molar-refractivity contribution < 1.29 is 0 Å². The van der Waals surface area contributed by atoms with Crippen molar-refractivity contribution in [2.24, 2.45) is 0 Å². The van der Waals surface area contributed by atoms with Crippen molar-refractivity contribution >= 4 is 23.1 Å². The molecule has 0 bridgehead atoms. The average Bonchev–Trinajstić information content (AvgIpc) is 2.46. The topological polar surface area (TPSA) is 29.0 Å². The molecule has 1 saturated heterocycles. The highest BCUT2D eigenvalue weighted by Gasteiger charge is 2.27. The van der Waals surface area contributed by atoms with Crippen LogP contribution in [0.3, 0.4) is 0 Å². The van der Waals surface area contributed by atoms with Crippen molar-refractivity contribution in [2.75, 3.05) is 6.54 Å². The molecule has 0 radical (unpaired) electrons. The van der Waals surface area contributed by atoms with Crippen LogP contribution in [0.25, 0.3) is 0 Å². The van der Waals surface area contributed by atoms with Gasteiger partial charge in [0.15, 0.2) is 0 Å². The fourth-order valence-electron chi connectivity index (χ4n) is 1.65. The van der Waals surface area contributed by atoms with Crippen molar-refractivity contribution in [3.8, 4) is 0 Å². The molecule has 1 atom stereocenters. The van der Waals surface area contributed by atoms with Gasteiger partial charge in [-0.15, -0.1) is 5.10 Å². The lowest BCUT2D eigenvalue weighted by atomic mass is 10.0. The minimum atomic E-state index is 0.734. The number of hydrogen-bond donors (Lipinski definition) is 0. The van der Waals surface area contributed by atoms with Gasteiger partial charge in [-0.2, -0.15) is 0 Å². The summed E-state index contributed by atoms with van der Waals surface area (Å²) in [5.41, 5.74) is 0.935. The summed E-state index contributed by atoms with van der Waals surface area (Å²) in [4.78, 5) is 2.41. The van der Waals surface area contributed by atoms with Gasteiger partial charge in [0, 0.05) is 30.7 Å². The second kappa shape index (κ2) is 3.90. The van der Waals surface area contributed by atoms with E-state index < -0.39 is 0 Å². The summed E-state index contributed by atoms with van der Waals surface area (Å²) in [7, 11) is 0. The van der Waals surface area contributed by atoms with Gasteiger partial charge in [-0.1, -0.05) is 23.0 Å². The molecule has 1 aromatic heterocycles. The second-order valence-corrected chi connectivity index (χ2v) is 4.67. The van der Waals surface area contributed by atoms with Crippen LogP contribution in [-0.4, -0.2) is 27.1 Å². The van der Waals surface area contributed by atoms with Gasteiger partial charge in [-0.3, -0.25) is 4.90 Å². The smallest absolute Gasteiger partial charge is 0.138 e. The number of rotatable bonds is 3. The standard InChI is InChI=1S/C8H12ClN3S/c1-2-6-3-4-12(6)5-7-8(9)13-11-10-7/h6H,2-5H2,1H3. The quantitative estimate of drug-likeness (QED) is 0.777. The summed E-state index contributed by atoms with van der Waals surface area (Å²) < 4.78 is 4.55. The zero-order valence-electron chi connectivity index (χ0n) is 7.53. The second-order valence-electron chi connectivity index (χ2n) is 3.31. The Bertz CT molecular complexity index is 287. The predicted molar refractivity (Wildman–Crippen MR) is 54.0 cm³/mol. The van der Waals surface area contributed by atoms with E-state index in [0.717, 1.165) is 22.6 Å². The zero-order valence-corrected chi connectivity index (χ0v) is 9.11. The molecule has 1 aromatic rings. The maximum atomic E-state index is 5.92. The van der Waals surface area contributed by atoms with E-state index in [4.69, 9.17) is 11.6 Å². The first-order valence-electron chi connectivity index (χ1n) is 4.52. The Hall–Kier alpha value is -0.190. The first kappa shape index (κ1) is 9.37. The number of nitrogens with zero attached hydrogens (tertiary/aromatic N) is 3. The minimum absolute atomic E-state index is 0.734. The van der Waals surface area contributed by atoms with Gasteiger partial charge in [-0.25, -0.2) is 0 Å². The van der Waals surface area contributed by atoms with Crippen LogP contribution >= 0.6 is 23.1 Å². The molecule has 0 aliphatic carbocycles. The molecule has 13 heavy (non-hydrogen) atoms. The number of aromatic nitrogens is 2. The van der Waals surface area contributed by atoms with Crippen LogP contribution in [0.5, 0.6) is 0 Å². The highest BCUT2D eigenvalue weighted by atomic mass is 35.5. The van der Waals surface area contributed by atoms with Crippen molar-refractivity contribution in [2.45, 2.75) is 32.4 Å². The SMILES string of the molecule is CCC1CCN1Cc1nnsc1Cl. The van der Waals surface area contributed by atoms with Crippen LogP contribution in [0.4, 0.5) is 0 Å². The maximum absolute atomic E-state index is 5.92. The molecule has 1 aliphatic heterocycles. The molecule has 1 aliphatic rings. The minimum Gasteiger partial charge on any atom is -0.294 e. The Kier molecular flexibility index (Phi) is 2.81. The van der Waals surface area contributed by atoms with E-state index in [1.54, 1.807) is 0 Å². The van der Waals surface area contributed by atoms with Gasteiger partial charge < -0.3 is 0 Å². The Balaban J connectivity index is 1.95. The van der Waals surface area contributed by atoms with Crippen LogP contribution in [0.2, 0.25) is 4.34 Å². The number of halogens is 1. The van der Waals surface area contributed by atoms with Crippen molar-refractivity contribution in [3.05, 3.63) is 10.0 Å². The first-order chi connectivity index (χ1) is 6.31. The van der Waals surface area contributed by atoms with Gasteiger partial charge in [0.1, 0.15) is 10.0 Å². The normalized spacial score (nSPS) is 23.1. The highest BCUT2D eigenvalue weighted by Crippen LogP contribution is 2.25. The van der Waals surface area contributed by atoms with Crippen molar-refractivity contribution in [3.63, 3.8) is 0 Å². The van der Waals surface area contributed by atoms with E-state index in [1.165, 1.54) is 30.9 Å². The largest absolute Gasteiger partial charge is 0.294 e. The third kappa shape index (κ3) is 1.85. The molecule has 0 spiro atoms. The van der Waals surface area contributed by atoms with E-state index in [2.05, 4.69) is 21.4 Å². The third-order valence-corrected chi connectivity index (χ3v) is 3.58. The Labute approximate surface area is 86.9 Å². The van der Waals surface area contributed by atoms with E-state index in [1.807, 2.05) is 0 Å². The molecule has 2 heterocycles. The summed E-state index contributed by atoms with van der Waals surface area (Å²) in [6.07, 6.45) is 2.53. The zero-order chi connectivity index (χ0) is 9.26. The lowest BCUT2D eigenvalue weighted by molar-refractivity contribution is 0.0777. The average molecular weight is 218 g/mol. The fraction of sp³-hybridized carbons (Fsp3) is 0.750. The summed E-state index contributed by atoms with van der Waals surface area (Å²) in [6.45, 7) is 4.26. The van der Waals surface area contributed by atoms with Gasteiger partial charge in [0.2, 0.25) is 0 Å². The number of hydrogen-bond acceptors (Lipinski definition) is 4. The van der Waals surface area contributed by atoms with Crippen LogP contribution < -0.4 is 0 Å². The van der Waals surface area contributed by atoms with Crippen molar-refractivity contribution in [1.29, 1.82) is 0 Å². The number of likely N-dealkylation sites (tertiary alicyclic amines) is 1. The van der Waals surface area contributed by atoms with Gasteiger partial charge in [-0.05, 0) is 12.8 Å². The summed E-state index contributed by atoms with van der Waals surface area (Å²) >= 11 is 7.19. The first-order valence-corrected chi connectivity index (χ1v) is 5.67. The van der Waals surface area contributed by atoms with Gasteiger partial charge >= 0.3 is 0 Å². The lowest BCUT2D eigenvalue weighted by Crippen LogP contribution is -2.46. The van der Waals surface area contributed by atoms with E-state index >= 15 is 0 Å². The third-order valence-electron chi connectivity index (χ3n) is 2.60. The predicted octanol–water partition coefficient (Wildman–Crippen LogP) is 2.18. The van der Waals surface area contributed by atoms with Crippen LogP contribution in [0.1, 0.15) is 25.5 Å². The van der Waals surface area contributed by atoms with E-state index in [0.29, 0.717) is 0 Å². The monoisotopic (exact) mass is 217 g/mol. The Morgan fingerprint density at radius 3 is 3.00 bits per heavy atom. The Morgan fingerprint density at radius 1 is 1.69 bits per heavy atom. The molecule has 3 nitrogen and oxygen atoms in total. The molecule has 1 fully saturated rings. The molecule has 0 saturated carbocycles. The molecule has 1 unspecified atom stereocenters. The molecule has 0 aromatic carbocycles.